The predicted octanol–water partition coefficient (Wildman–Crippen LogP) is 4.84. The van der Waals surface area contributed by atoms with Gasteiger partial charge < -0.3 is 10.5 Å². The van der Waals surface area contributed by atoms with Crippen molar-refractivity contribution in [2.75, 3.05) is 0 Å². The number of aromatic nitrogens is 2. The van der Waals surface area contributed by atoms with E-state index in [1.165, 1.54) is 18.2 Å². The summed E-state index contributed by atoms with van der Waals surface area (Å²) in [6, 6.07) is 5.43. The van der Waals surface area contributed by atoms with Gasteiger partial charge in [0.05, 0.1) is 17.0 Å². The molecule has 1 unspecified atom stereocenters. The van der Waals surface area contributed by atoms with E-state index in [4.69, 9.17) is 10.5 Å². The average Bonchev–Trinajstić information content (AvgIpc) is 2.68. The van der Waals surface area contributed by atoms with Gasteiger partial charge in [0.1, 0.15) is 23.3 Å². The van der Waals surface area contributed by atoms with E-state index in [0.29, 0.717) is 12.1 Å². The number of rotatable bonds is 6. The van der Waals surface area contributed by atoms with Crippen LogP contribution in [0.15, 0.2) is 24.3 Å². The number of fused-ring (bicyclic) bond motifs is 1. The number of ether oxygens (including phenoxy) is 1. The number of hydrogen-bond acceptors (Lipinski definition) is 4. The molecule has 1 amide bonds. The molecule has 2 N–H and O–H groups in total. The molecule has 1 aromatic heterocycles. The van der Waals surface area contributed by atoms with Gasteiger partial charge in [0.15, 0.2) is 0 Å². The second kappa shape index (κ2) is 8.02. The molecule has 162 valence electrons. The molecule has 0 fully saturated rings. The van der Waals surface area contributed by atoms with Gasteiger partial charge in [-0.05, 0) is 61.3 Å². The Labute approximate surface area is 176 Å². The first-order valence-corrected chi connectivity index (χ1v) is 10.3. The molecule has 2 aromatic rings. The zero-order valence-electron chi connectivity index (χ0n) is 18.1. The molecule has 5 nitrogen and oxygen atoms in total. The van der Waals surface area contributed by atoms with Crippen molar-refractivity contribution in [3.8, 4) is 11.3 Å². The summed E-state index contributed by atoms with van der Waals surface area (Å²) in [6.07, 6.45) is 1.24. The van der Waals surface area contributed by atoms with Gasteiger partial charge in [-0.2, -0.15) is 5.10 Å². The van der Waals surface area contributed by atoms with Crippen molar-refractivity contribution in [1.82, 2.24) is 10.2 Å². The first-order valence-electron chi connectivity index (χ1n) is 10.3. The first kappa shape index (κ1) is 22.3. The van der Waals surface area contributed by atoms with Gasteiger partial charge in [0.25, 0.3) is 0 Å². The third-order valence-electron chi connectivity index (χ3n) is 6.54. The molecular formula is C23H29F2N3O2. The summed E-state index contributed by atoms with van der Waals surface area (Å²) in [7, 11) is 0. The van der Waals surface area contributed by atoms with Crippen molar-refractivity contribution in [2.45, 2.75) is 71.5 Å². The van der Waals surface area contributed by atoms with E-state index in [1.54, 1.807) is 6.07 Å². The Balaban J connectivity index is 2.19. The molecule has 0 spiro atoms. The maximum atomic E-state index is 14.3. The smallest absolute Gasteiger partial charge is 0.246 e. The predicted molar refractivity (Wildman–Crippen MR) is 111 cm³/mol. The summed E-state index contributed by atoms with van der Waals surface area (Å²) in [6.45, 7) is 9.93. The molecular weight excluding hydrogens is 388 g/mol. The van der Waals surface area contributed by atoms with Crippen LogP contribution < -0.4 is 5.73 Å². The average molecular weight is 418 g/mol. The monoisotopic (exact) mass is 417 g/mol. The van der Waals surface area contributed by atoms with Gasteiger partial charge in [0, 0.05) is 0 Å². The Kier molecular flexibility index (Phi) is 5.96. The molecule has 1 heterocycles. The maximum absolute atomic E-state index is 14.3. The molecule has 0 radical (unpaired) electrons. The topological polar surface area (TPSA) is 78.1 Å². The largest absolute Gasteiger partial charge is 0.367 e. The maximum Gasteiger partial charge on any atom is 0.246 e. The summed E-state index contributed by atoms with van der Waals surface area (Å²) in [5.74, 6) is -1.80. The number of nitrogens with two attached hydrogens (primary N) is 1. The van der Waals surface area contributed by atoms with Gasteiger partial charge >= 0.3 is 0 Å². The molecule has 0 saturated heterocycles. The fourth-order valence-electron chi connectivity index (χ4n) is 4.40. The molecule has 3 atom stereocenters. The van der Waals surface area contributed by atoms with Crippen LogP contribution in [0, 0.1) is 17.0 Å². The standard InChI is InChI=1S/C23H29F2N3O2/c1-6-13-12-22(3,4)23(5,30-18(7-2)21(26)29)20-14(13)11-17(27-28-20)19-15(24)9-8-10-16(19)25/h8-11,13,18H,6-7,12H2,1-5H3,(H2,26,29)/t13-,18-,23?/m1/s1. The number of carbonyl (C=O) groups is 1. The van der Waals surface area contributed by atoms with Gasteiger partial charge in [-0.25, -0.2) is 8.78 Å². The number of nitrogens with zero attached hydrogens (tertiary/aromatic N) is 2. The van der Waals surface area contributed by atoms with Crippen molar-refractivity contribution in [3.05, 3.63) is 47.2 Å². The number of halogens is 2. The zero-order valence-corrected chi connectivity index (χ0v) is 18.1. The van der Waals surface area contributed by atoms with Crippen molar-refractivity contribution in [1.29, 1.82) is 0 Å². The molecule has 0 bridgehead atoms. The van der Waals surface area contributed by atoms with Crippen molar-refractivity contribution in [3.63, 3.8) is 0 Å². The summed E-state index contributed by atoms with van der Waals surface area (Å²) < 4.78 is 35.0. The van der Waals surface area contributed by atoms with E-state index < -0.39 is 29.2 Å². The second-order valence-corrected chi connectivity index (χ2v) is 8.77. The van der Waals surface area contributed by atoms with Crippen LogP contribution in [-0.2, 0) is 15.1 Å². The fraction of sp³-hybridized carbons (Fsp3) is 0.522. The highest BCUT2D eigenvalue weighted by molar-refractivity contribution is 5.78. The van der Waals surface area contributed by atoms with Crippen molar-refractivity contribution >= 4 is 5.91 Å². The normalized spacial score (nSPS) is 23.6. The molecule has 3 rings (SSSR count). The lowest BCUT2D eigenvalue weighted by molar-refractivity contribution is -0.177. The summed E-state index contributed by atoms with van der Waals surface area (Å²) in [5.41, 5.74) is 5.60. The lowest BCUT2D eigenvalue weighted by Crippen LogP contribution is -2.51. The van der Waals surface area contributed by atoms with Crippen LogP contribution in [0.1, 0.15) is 71.1 Å². The molecule has 0 saturated carbocycles. The lowest BCUT2D eigenvalue weighted by atomic mass is 9.61. The molecule has 30 heavy (non-hydrogen) atoms. The Bertz CT molecular complexity index is 943. The minimum atomic E-state index is -0.941. The highest BCUT2D eigenvalue weighted by atomic mass is 19.1. The van der Waals surface area contributed by atoms with E-state index in [0.717, 1.165) is 18.4 Å². The summed E-state index contributed by atoms with van der Waals surface area (Å²) in [4.78, 5) is 11.9. The molecule has 1 aromatic carbocycles. The highest BCUT2D eigenvalue weighted by Gasteiger charge is 2.53. The number of benzene rings is 1. The highest BCUT2D eigenvalue weighted by Crippen LogP contribution is 2.55. The van der Waals surface area contributed by atoms with Crippen LogP contribution in [-0.4, -0.2) is 22.2 Å². The van der Waals surface area contributed by atoms with E-state index in [2.05, 4.69) is 31.0 Å². The van der Waals surface area contributed by atoms with E-state index in [9.17, 15) is 13.6 Å². The van der Waals surface area contributed by atoms with E-state index >= 15 is 0 Å². The Morgan fingerprint density at radius 3 is 2.40 bits per heavy atom. The Hall–Kier alpha value is -2.41. The minimum absolute atomic E-state index is 0.115. The molecule has 1 aliphatic carbocycles. The van der Waals surface area contributed by atoms with E-state index in [-0.39, 0.29) is 22.6 Å². The third-order valence-corrected chi connectivity index (χ3v) is 6.54. The zero-order chi connectivity index (χ0) is 22.3. The number of primary amides is 1. The Morgan fingerprint density at radius 2 is 1.87 bits per heavy atom. The SMILES string of the molecule is CC[C@@H]1CC(C)(C)C(C)(O[C@H](CC)C(N)=O)c2nnc(-c3c(F)cccc3F)cc21. The summed E-state index contributed by atoms with van der Waals surface area (Å²) in [5, 5.41) is 8.58. The molecule has 0 aliphatic heterocycles. The third kappa shape index (κ3) is 3.60. The van der Waals surface area contributed by atoms with Gasteiger partial charge in [-0.3, -0.25) is 4.79 Å². The second-order valence-electron chi connectivity index (χ2n) is 8.77. The van der Waals surface area contributed by atoms with Crippen molar-refractivity contribution < 1.29 is 18.3 Å². The van der Waals surface area contributed by atoms with Gasteiger partial charge in [-0.1, -0.05) is 33.8 Å². The Morgan fingerprint density at radius 1 is 1.23 bits per heavy atom. The van der Waals surface area contributed by atoms with Crippen LogP contribution >= 0.6 is 0 Å². The van der Waals surface area contributed by atoms with Crippen molar-refractivity contribution in [2.24, 2.45) is 11.1 Å². The quantitative estimate of drug-likeness (QED) is 0.729. The first-order chi connectivity index (χ1) is 14.1. The summed E-state index contributed by atoms with van der Waals surface area (Å²) >= 11 is 0. The minimum Gasteiger partial charge on any atom is -0.367 e. The van der Waals surface area contributed by atoms with Gasteiger partial charge in [-0.15, -0.1) is 5.10 Å². The van der Waals surface area contributed by atoms with Crippen LogP contribution in [0.3, 0.4) is 0 Å². The van der Waals surface area contributed by atoms with Crippen LogP contribution in [0.2, 0.25) is 0 Å². The van der Waals surface area contributed by atoms with Gasteiger partial charge in [0.2, 0.25) is 5.91 Å². The van der Waals surface area contributed by atoms with Crippen LogP contribution in [0.25, 0.3) is 11.3 Å². The lowest BCUT2D eigenvalue weighted by Gasteiger charge is -2.50. The number of carbonyl (C=O) groups excluding carboxylic acids is 1. The number of amides is 1. The number of hydrogen-bond donors (Lipinski definition) is 1. The fourth-order valence-corrected chi connectivity index (χ4v) is 4.40. The molecule has 1 aliphatic rings. The van der Waals surface area contributed by atoms with E-state index in [1.807, 2.05) is 13.8 Å². The van der Waals surface area contributed by atoms with Crippen LogP contribution in [0.4, 0.5) is 8.78 Å². The van der Waals surface area contributed by atoms with Crippen LogP contribution in [0.5, 0.6) is 0 Å². The molecule has 7 heteroatoms.